The summed E-state index contributed by atoms with van der Waals surface area (Å²) >= 11 is 0. The van der Waals surface area contributed by atoms with Crippen molar-refractivity contribution in [2.24, 2.45) is 45.3 Å². The average Bonchev–Trinajstić information content (AvgIpc) is 3.50. The monoisotopic (exact) mass is 784 g/mol. The number of hydrogen-bond donors (Lipinski definition) is 9. The lowest BCUT2D eigenvalue weighted by Crippen LogP contribution is -2.68. The molecule has 4 aliphatic carbocycles. The molecule has 2 saturated heterocycles. The van der Waals surface area contributed by atoms with Crippen molar-refractivity contribution in [1.29, 1.82) is 0 Å². The molecule has 0 radical (unpaired) electrons. The Bertz CT molecular complexity index is 1370. The molecule has 13 nitrogen and oxygen atoms in total. The van der Waals surface area contributed by atoms with Gasteiger partial charge in [0.2, 0.25) is 0 Å². The molecule has 2 heterocycles. The van der Waals surface area contributed by atoms with Crippen molar-refractivity contribution >= 4 is 0 Å². The molecule has 6 rings (SSSR count). The minimum Gasteiger partial charge on any atom is -0.394 e. The summed E-state index contributed by atoms with van der Waals surface area (Å²) in [6.07, 6.45) is -6.48. The summed E-state index contributed by atoms with van der Waals surface area (Å²) in [6.45, 7) is 16.5. The van der Waals surface area contributed by atoms with Gasteiger partial charge in [-0.05, 0) is 124 Å². The van der Waals surface area contributed by atoms with Gasteiger partial charge in [-0.25, -0.2) is 0 Å². The summed E-state index contributed by atoms with van der Waals surface area (Å²) in [5.74, 6) is 0.445. The molecule has 4 saturated carbocycles. The molecule has 0 bridgehead atoms. The van der Waals surface area contributed by atoms with E-state index in [2.05, 4.69) is 54.5 Å². The maximum absolute atomic E-state index is 12.2. The molecule has 13 heteroatoms. The van der Waals surface area contributed by atoms with Crippen LogP contribution in [0.25, 0.3) is 0 Å². The lowest BCUT2D eigenvalue weighted by atomic mass is 9.35. The molecular weight excluding hydrogens is 712 g/mol. The lowest BCUT2D eigenvalue weighted by Gasteiger charge is -2.70. The number of rotatable bonds is 10. The molecule has 318 valence electrons. The van der Waals surface area contributed by atoms with Crippen LogP contribution in [0.3, 0.4) is 0 Å². The van der Waals surface area contributed by atoms with Crippen molar-refractivity contribution in [2.75, 3.05) is 13.2 Å². The van der Waals surface area contributed by atoms with E-state index >= 15 is 0 Å². The van der Waals surface area contributed by atoms with Crippen LogP contribution in [0.4, 0.5) is 0 Å². The molecule has 2 aliphatic heterocycles. The smallest absolute Gasteiger partial charge is 0.187 e. The van der Waals surface area contributed by atoms with Gasteiger partial charge in [-0.3, -0.25) is 0 Å². The van der Waals surface area contributed by atoms with Crippen LogP contribution >= 0.6 is 0 Å². The summed E-state index contributed by atoms with van der Waals surface area (Å²) in [6, 6.07) is 0. The van der Waals surface area contributed by atoms with E-state index in [1.807, 2.05) is 6.92 Å². The van der Waals surface area contributed by atoms with Crippen LogP contribution in [0, 0.1) is 45.3 Å². The Balaban J connectivity index is 1.23. The van der Waals surface area contributed by atoms with Gasteiger partial charge in [0.15, 0.2) is 12.6 Å². The van der Waals surface area contributed by atoms with Gasteiger partial charge < -0.3 is 64.9 Å². The Morgan fingerprint density at radius 1 is 0.727 bits per heavy atom. The molecule has 0 aromatic rings. The Morgan fingerprint density at radius 2 is 1.33 bits per heavy atom. The Kier molecular flexibility index (Phi) is 12.5. The van der Waals surface area contributed by atoms with Gasteiger partial charge in [-0.15, -0.1) is 0 Å². The summed E-state index contributed by atoms with van der Waals surface area (Å²) in [5.41, 5.74) is -0.405. The van der Waals surface area contributed by atoms with E-state index in [0.29, 0.717) is 19.3 Å². The maximum atomic E-state index is 12.2. The van der Waals surface area contributed by atoms with Crippen molar-refractivity contribution in [2.45, 2.75) is 192 Å². The normalized spacial score (nSPS) is 52.0. The van der Waals surface area contributed by atoms with Crippen molar-refractivity contribution < 1.29 is 64.9 Å². The fourth-order valence-electron chi connectivity index (χ4n) is 13.3. The van der Waals surface area contributed by atoms with Crippen LogP contribution < -0.4 is 0 Å². The molecular formula is C42H72O13. The van der Waals surface area contributed by atoms with Crippen molar-refractivity contribution in [3.63, 3.8) is 0 Å². The molecule has 0 spiro atoms. The number of aliphatic hydroxyl groups is 9. The van der Waals surface area contributed by atoms with Crippen LogP contribution in [-0.2, 0) is 18.9 Å². The van der Waals surface area contributed by atoms with Crippen molar-refractivity contribution in [3.05, 3.63) is 11.6 Å². The molecule has 20 atom stereocenters. The second-order valence-corrected chi connectivity index (χ2v) is 20.1. The maximum Gasteiger partial charge on any atom is 0.187 e. The minimum absolute atomic E-state index is 0.00798. The van der Waals surface area contributed by atoms with E-state index in [9.17, 15) is 46.0 Å². The minimum atomic E-state index is -1.75. The third kappa shape index (κ3) is 7.20. The van der Waals surface area contributed by atoms with Crippen molar-refractivity contribution in [1.82, 2.24) is 0 Å². The van der Waals surface area contributed by atoms with Gasteiger partial charge in [0.25, 0.3) is 0 Å². The Hall–Kier alpha value is -0.780. The third-order valence-electron chi connectivity index (χ3n) is 16.6. The van der Waals surface area contributed by atoms with E-state index in [1.54, 1.807) is 0 Å². The molecule has 6 fully saturated rings. The third-order valence-corrected chi connectivity index (χ3v) is 16.6. The molecule has 0 amide bonds. The van der Waals surface area contributed by atoms with Crippen LogP contribution in [0.5, 0.6) is 0 Å². The summed E-state index contributed by atoms with van der Waals surface area (Å²) in [7, 11) is 0. The zero-order chi connectivity index (χ0) is 40.6. The molecule has 55 heavy (non-hydrogen) atoms. The zero-order valence-electron chi connectivity index (χ0n) is 34.3. The molecule has 6 aliphatic rings. The van der Waals surface area contributed by atoms with Gasteiger partial charge in [-0.2, -0.15) is 0 Å². The second-order valence-electron chi connectivity index (χ2n) is 20.1. The predicted octanol–water partition coefficient (Wildman–Crippen LogP) is 2.15. The van der Waals surface area contributed by atoms with Gasteiger partial charge in [-0.1, -0.05) is 46.3 Å². The molecule has 9 N–H and O–H groups in total. The first-order chi connectivity index (χ1) is 25.6. The van der Waals surface area contributed by atoms with Gasteiger partial charge in [0, 0.05) is 0 Å². The largest absolute Gasteiger partial charge is 0.394 e. The van der Waals surface area contributed by atoms with Crippen LogP contribution in [0.15, 0.2) is 11.6 Å². The average molecular weight is 785 g/mol. The fraction of sp³-hybridized carbons (Fsp3) is 0.952. The topological polar surface area (TPSA) is 219 Å². The van der Waals surface area contributed by atoms with Crippen LogP contribution in [-0.4, -0.2) is 138 Å². The summed E-state index contributed by atoms with van der Waals surface area (Å²) in [5, 5.41) is 97.4. The zero-order valence-corrected chi connectivity index (χ0v) is 34.3. The molecule has 0 aromatic heterocycles. The number of ether oxygens (including phenoxy) is 4. The first-order valence-electron chi connectivity index (χ1n) is 20.9. The van der Waals surface area contributed by atoms with Crippen molar-refractivity contribution in [3.8, 4) is 0 Å². The fourth-order valence-corrected chi connectivity index (χ4v) is 13.3. The lowest BCUT2D eigenvalue weighted by molar-refractivity contribution is -0.378. The van der Waals surface area contributed by atoms with E-state index < -0.39 is 97.8 Å². The number of aliphatic hydroxyl groups excluding tert-OH is 8. The molecule has 0 unspecified atom stereocenters. The first-order valence-corrected chi connectivity index (χ1v) is 20.9. The van der Waals surface area contributed by atoms with E-state index in [0.717, 1.165) is 38.5 Å². The Morgan fingerprint density at radius 3 is 1.95 bits per heavy atom. The predicted molar refractivity (Wildman–Crippen MR) is 201 cm³/mol. The van der Waals surface area contributed by atoms with Gasteiger partial charge in [0.1, 0.15) is 48.8 Å². The van der Waals surface area contributed by atoms with Gasteiger partial charge in [0.05, 0.1) is 31.0 Å². The number of fused-ring (bicyclic) bond motifs is 5. The van der Waals surface area contributed by atoms with Gasteiger partial charge >= 0.3 is 0 Å². The second kappa shape index (κ2) is 15.7. The summed E-state index contributed by atoms with van der Waals surface area (Å²) in [4.78, 5) is 0. The van der Waals surface area contributed by atoms with Crippen LogP contribution in [0.2, 0.25) is 0 Å². The van der Waals surface area contributed by atoms with Crippen LogP contribution in [0.1, 0.15) is 113 Å². The Labute approximate surface area is 327 Å². The van der Waals surface area contributed by atoms with E-state index in [4.69, 9.17) is 18.9 Å². The number of allylic oxidation sites excluding steroid dienone is 2. The highest BCUT2D eigenvalue weighted by Crippen LogP contribution is 2.76. The molecule has 0 aromatic carbocycles. The summed E-state index contributed by atoms with van der Waals surface area (Å²) < 4.78 is 24.4. The highest BCUT2D eigenvalue weighted by atomic mass is 16.8. The number of hydrogen-bond acceptors (Lipinski definition) is 13. The quantitative estimate of drug-likeness (QED) is 0.115. The highest BCUT2D eigenvalue weighted by Gasteiger charge is 2.71. The standard InChI is InChI=1S/C42H72O13/c1-21(2)10-9-14-42(8,51)22-11-16-41(7)29(22)23(45)18-27-39(5)15-13-28(38(3,4)26(39)12-17-40(27,41)6)54-37-35(33(49)31(47)25(20-44)53-37)55-36-34(50)32(48)30(46)24(19-43)52-36/h10,22-37,43-51H,9,11-20H2,1-8H3/t22-,23+,24+,25+,26+,27+,28-,29-,30+,31+,32-,33-,34+,35+,36+,37+,39-,40+,41+,42+/m0/s1. The SMILES string of the molecule is CC(C)=CCC[C@@](C)(O)[C@H]1CC[C@]2(C)[C@@H]1[C@H](O)C[C@@H]1[C@@]3(C)CC[C@H](O[C@H]4O[C@H](CO)[C@@H](O)[C@H](O)[C@H]4O[C@H]4O[C@H](CO)[C@@H](O)[C@H](O)[C@H]4O)C(C)(C)[C@H]3CC[C@]12C. The van der Waals surface area contributed by atoms with E-state index in [1.165, 1.54) is 5.57 Å². The van der Waals surface area contributed by atoms with E-state index in [-0.39, 0.29) is 39.9 Å². The first kappa shape index (κ1) is 43.8. The highest BCUT2D eigenvalue weighted by molar-refractivity contribution is 5.20.